The fraction of sp³-hybridized carbons (Fsp3) is 0.300. The van der Waals surface area contributed by atoms with Crippen molar-refractivity contribution in [2.45, 2.75) is 6.18 Å². The van der Waals surface area contributed by atoms with Gasteiger partial charge in [-0.1, -0.05) is 6.07 Å². The third-order valence-electron chi connectivity index (χ3n) is 1.87. The second kappa shape index (κ2) is 5.48. The molecule has 0 fully saturated rings. The van der Waals surface area contributed by atoms with Gasteiger partial charge in [0.2, 0.25) is 0 Å². The zero-order valence-electron chi connectivity index (χ0n) is 9.02. The Kier molecular flexibility index (Phi) is 4.24. The van der Waals surface area contributed by atoms with E-state index in [1.54, 1.807) is 0 Å². The molecule has 0 aromatic carbocycles. The number of amides is 1. The lowest BCUT2D eigenvalue weighted by atomic mass is 10.3. The average molecular weight is 262 g/mol. The van der Waals surface area contributed by atoms with Crippen LogP contribution in [0, 0.1) is 0 Å². The molecule has 0 aliphatic heterocycles. The van der Waals surface area contributed by atoms with Crippen molar-refractivity contribution >= 4 is 11.9 Å². The third-order valence-corrected chi connectivity index (χ3v) is 1.87. The van der Waals surface area contributed by atoms with Crippen molar-refractivity contribution in [2.24, 2.45) is 0 Å². The molecule has 0 saturated carbocycles. The second-order valence-corrected chi connectivity index (χ2v) is 3.39. The van der Waals surface area contributed by atoms with Crippen molar-refractivity contribution in [2.75, 3.05) is 13.1 Å². The average Bonchev–Trinajstić information content (AvgIpc) is 2.26. The Labute approximate surface area is 99.8 Å². The van der Waals surface area contributed by atoms with Crippen molar-refractivity contribution < 1.29 is 27.9 Å². The van der Waals surface area contributed by atoms with Crippen LogP contribution >= 0.6 is 0 Å². The number of hydrogen-bond donors (Lipinski definition) is 1. The number of carbonyl (C=O) groups excluding carboxylic acids is 1. The van der Waals surface area contributed by atoms with Gasteiger partial charge in [0.05, 0.1) is 0 Å². The Hall–Kier alpha value is -2.12. The van der Waals surface area contributed by atoms with Gasteiger partial charge >= 0.3 is 12.1 Å². The predicted octanol–water partition coefficient (Wildman–Crippen LogP) is 1.17. The first-order valence-corrected chi connectivity index (χ1v) is 4.78. The molecule has 1 aromatic rings. The van der Waals surface area contributed by atoms with Gasteiger partial charge in [-0.25, -0.2) is 0 Å². The highest BCUT2D eigenvalue weighted by atomic mass is 19.4. The predicted molar refractivity (Wildman–Crippen MR) is 53.8 cm³/mol. The molecule has 0 aliphatic carbocycles. The summed E-state index contributed by atoms with van der Waals surface area (Å²) in [5, 5.41) is 8.49. The van der Waals surface area contributed by atoms with Crippen molar-refractivity contribution in [3.05, 3.63) is 30.1 Å². The van der Waals surface area contributed by atoms with Crippen LogP contribution in [0.25, 0.3) is 0 Å². The van der Waals surface area contributed by atoms with E-state index in [1.807, 2.05) is 0 Å². The zero-order valence-corrected chi connectivity index (χ0v) is 9.02. The number of halogens is 3. The Morgan fingerprint density at radius 3 is 2.44 bits per heavy atom. The highest BCUT2D eigenvalue weighted by Gasteiger charge is 2.34. The topological polar surface area (TPSA) is 70.5 Å². The molecule has 0 unspecified atom stereocenters. The minimum Gasteiger partial charge on any atom is -0.480 e. The minimum atomic E-state index is -4.67. The number of pyridine rings is 1. The van der Waals surface area contributed by atoms with Crippen molar-refractivity contribution in [3.63, 3.8) is 0 Å². The second-order valence-electron chi connectivity index (χ2n) is 3.39. The summed E-state index contributed by atoms with van der Waals surface area (Å²) in [6.07, 6.45) is -3.43. The molecular weight excluding hydrogens is 253 g/mol. The first-order chi connectivity index (χ1) is 8.29. The largest absolute Gasteiger partial charge is 0.480 e. The summed E-state index contributed by atoms with van der Waals surface area (Å²) in [7, 11) is 0. The van der Waals surface area contributed by atoms with Gasteiger partial charge < -0.3 is 10.0 Å². The van der Waals surface area contributed by atoms with Gasteiger partial charge in [-0.2, -0.15) is 13.2 Å². The SMILES string of the molecule is O=C(O)CN(CC(F)(F)F)C(=O)c1ccccn1. The van der Waals surface area contributed by atoms with Crippen LogP contribution in [0.15, 0.2) is 24.4 Å². The van der Waals surface area contributed by atoms with Crippen LogP contribution in [0.4, 0.5) is 13.2 Å². The molecule has 1 heterocycles. The number of aliphatic carboxylic acids is 1. The summed E-state index contributed by atoms with van der Waals surface area (Å²) >= 11 is 0. The standard InChI is InChI=1S/C10H9F3N2O3/c11-10(12,13)6-15(5-8(16)17)9(18)7-3-1-2-4-14-7/h1-4H,5-6H2,(H,16,17). The van der Waals surface area contributed by atoms with E-state index < -0.39 is 31.1 Å². The summed E-state index contributed by atoms with van der Waals surface area (Å²) < 4.78 is 36.7. The summed E-state index contributed by atoms with van der Waals surface area (Å²) in [6.45, 7) is -2.66. The summed E-state index contributed by atoms with van der Waals surface area (Å²) in [4.78, 5) is 25.9. The molecule has 0 aliphatic rings. The van der Waals surface area contributed by atoms with Gasteiger partial charge in [0.1, 0.15) is 18.8 Å². The van der Waals surface area contributed by atoms with E-state index in [1.165, 1.54) is 24.4 Å². The third kappa shape index (κ3) is 4.40. The van der Waals surface area contributed by atoms with Gasteiger partial charge in [-0.05, 0) is 12.1 Å². The van der Waals surface area contributed by atoms with Crippen LogP contribution in [-0.4, -0.2) is 46.1 Å². The normalized spacial score (nSPS) is 11.1. The van der Waals surface area contributed by atoms with Crippen LogP contribution in [0.2, 0.25) is 0 Å². The molecule has 0 radical (unpaired) electrons. The Balaban J connectivity index is 2.89. The summed E-state index contributed by atoms with van der Waals surface area (Å²) in [5.74, 6) is -2.60. The number of carboxylic acid groups (broad SMARTS) is 1. The van der Waals surface area contributed by atoms with E-state index >= 15 is 0 Å². The highest BCUT2D eigenvalue weighted by Crippen LogP contribution is 2.17. The maximum atomic E-state index is 12.2. The van der Waals surface area contributed by atoms with Crippen molar-refractivity contribution in [1.82, 2.24) is 9.88 Å². The van der Waals surface area contributed by atoms with E-state index in [4.69, 9.17) is 5.11 Å². The van der Waals surface area contributed by atoms with Gasteiger partial charge in [0.15, 0.2) is 0 Å². The maximum Gasteiger partial charge on any atom is 0.406 e. The molecule has 1 amide bonds. The number of carbonyl (C=O) groups is 2. The van der Waals surface area contributed by atoms with Crippen LogP contribution < -0.4 is 0 Å². The molecule has 18 heavy (non-hydrogen) atoms. The quantitative estimate of drug-likeness (QED) is 0.884. The lowest BCUT2D eigenvalue weighted by Crippen LogP contribution is -2.42. The summed E-state index contributed by atoms with van der Waals surface area (Å²) in [5.41, 5.74) is -0.233. The van der Waals surface area contributed by atoms with Gasteiger partial charge in [-0.15, -0.1) is 0 Å². The Bertz CT molecular complexity index is 434. The number of carboxylic acids is 1. The number of hydrogen-bond acceptors (Lipinski definition) is 3. The lowest BCUT2D eigenvalue weighted by Gasteiger charge is -2.21. The monoisotopic (exact) mass is 262 g/mol. The minimum absolute atomic E-state index is 0.185. The summed E-state index contributed by atoms with van der Waals surface area (Å²) in [6, 6.07) is 4.13. The van der Waals surface area contributed by atoms with E-state index in [9.17, 15) is 22.8 Å². The van der Waals surface area contributed by atoms with E-state index in [-0.39, 0.29) is 10.6 Å². The molecule has 0 saturated heterocycles. The molecule has 1 rings (SSSR count). The number of aromatic nitrogens is 1. The molecule has 1 aromatic heterocycles. The van der Waals surface area contributed by atoms with Gasteiger partial charge in [-0.3, -0.25) is 14.6 Å². The van der Waals surface area contributed by atoms with Crippen molar-refractivity contribution in [3.8, 4) is 0 Å². The lowest BCUT2D eigenvalue weighted by molar-refractivity contribution is -0.149. The van der Waals surface area contributed by atoms with Gasteiger partial charge in [0, 0.05) is 6.20 Å². The zero-order chi connectivity index (χ0) is 13.8. The molecule has 0 bridgehead atoms. The Morgan fingerprint density at radius 2 is 2.00 bits per heavy atom. The molecular formula is C10H9F3N2O3. The highest BCUT2D eigenvalue weighted by molar-refractivity contribution is 5.94. The van der Waals surface area contributed by atoms with Gasteiger partial charge in [0.25, 0.3) is 5.91 Å². The smallest absolute Gasteiger partial charge is 0.406 e. The molecule has 0 atom stereocenters. The number of rotatable bonds is 4. The number of alkyl halides is 3. The first kappa shape index (κ1) is 13.9. The molecule has 1 N–H and O–H groups in total. The Morgan fingerprint density at radius 1 is 1.33 bits per heavy atom. The van der Waals surface area contributed by atoms with Crippen LogP contribution in [-0.2, 0) is 4.79 Å². The molecule has 98 valence electrons. The van der Waals surface area contributed by atoms with E-state index in [0.29, 0.717) is 0 Å². The molecule has 0 spiro atoms. The van der Waals surface area contributed by atoms with Crippen molar-refractivity contribution in [1.29, 1.82) is 0 Å². The van der Waals surface area contributed by atoms with Crippen LogP contribution in [0.5, 0.6) is 0 Å². The van der Waals surface area contributed by atoms with Crippen LogP contribution in [0.1, 0.15) is 10.5 Å². The fourth-order valence-corrected chi connectivity index (χ4v) is 1.23. The van der Waals surface area contributed by atoms with Crippen LogP contribution in [0.3, 0.4) is 0 Å². The van der Waals surface area contributed by atoms with E-state index in [2.05, 4.69) is 4.98 Å². The first-order valence-electron chi connectivity index (χ1n) is 4.78. The number of nitrogens with zero attached hydrogens (tertiary/aromatic N) is 2. The maximum absolute atomic E-state index is 12.2. The molecule has 8 heteroatoms. The fourth-order valence-electron chi connectivity index (χ4n) is 1.23. The molecule has 5 nitrogen and oxygen atoms in total. The van der Waals surface area contributed by atoms with E-state index in [0.717, 1.165) is 0 Å².